The number of nitrogens with zero attached hydrogens (tertiary/aromatic N) is 5. The SMILES string of the molecule is COc1ccc(-c2ccnc3c2c(C)nn3CC(=O)Nc2nn(Cc3ccccc3F)cc2Br)cc1. The lowest BCUT2D eigenvalue weighted by atomic mass is 10.0. The van der Waals surface area contributed by atoms with Gasteiger partial charge in [0.1, 0.15) is 18.1 Å². The van der Waals surface area contributed by atoms with Gasteiger partial charge in [0.05, 0.1) is 23.8 Å². The fourth-order valence-electron chi connectivity index (χ4n) is 4.07. The highest BCUT2D eigenvalue weighted by atomic mass is 79.9. The van der Waals surface area contributed by atoms with Gasteiger partial charge in [0.25, 0.3) is 0 Å². The zero-order valence-corrected chi connectivity index (χ0v) is 21.2. The molecule has 3 aromatic heterocycles. The number of methoxy groups -OCH3 is 1. The van der Waals surface area contributed by atoms with Crippen LogP contribution in [-0.2, 0) is 17.9 Å². The average molecular weight is 549 g/mol. The average Bonchev–Trinajstić information content (AvgIpc) is 3.38. The molecule has 10 heteroatoms. The lowest BCUT2D eigenvalue weighted by molar-refractivity contribution is -0.116. The van der Waals surface area contributed by atoms with Crippen molar-refractivity contribution >= 4 is 38.7 Å². The number of aromatic nitrogens is 5. The third kappa shape index (κ3) is 4.72. The smallest absolute Gasteiger partial charge is 0.247 e. The van der Waals surface area contributed by atoms with Crippen LogP contribution >= 0.6 is 15.9 Å². The zero-order valence-electron chi connectivity index (χ0n) is 19.6. The number of amides is 1. The molecule has 5 aromatic rings. The van der Waals surface area contributed by atoms with E-state index in [1.165, 1.54) is 6.07 Å². The summed E-state index contributed by atoms with van der Waals surface area (Å²) in [6.07, 6.45) is 3.40. The van der Waals surface area contributed by atoms with Crippen LogP contribution in [0.2, 0.25) is 0 Å². The van der Waals surface area contributed by atoms with Crippen LogP contribution in [-0.4, -0.2) is 37.6 Å². The number of carbonyl (C=O) groups excluding carboxylic acids is 1. The predicted octanol–water partition coefficient (Wildman–Crippen LogP) is 5.20. The molecule has 1 N–H and O–H groups in total. The van der Waals surface area contributed by atoms with Gasteiger partial charge in [-0.25, -0.2) is 14.1 Å². The number of carbonyl (C=O) groups is 1. The first-order chi connectivity index (χ1) is 17.4. The molecule has 0 spiro atoms. The van der Waals surface area contributed by atoms with E-state index in [-0.39, 0.29) is 24.8 Å². The monoisotopic (exact) mass is 548 g/mol. The highest BCUT2D eigenvalue weighted by Gasteiger charge is 2.18. The van der Waals surface area contributed by atoms with Crippen LogP contribution < -0.4 is 10.1 Å². The molecule has 0 fully saturated rings. The van der Waals surface area contributed by atoms with Crippen LogP contribution in [0.25, 0.3) is 22.2 Å². The number of nitrogens with one attached hydrogen (secondary N) is 1. The van der Waals surface area contributed by atoms with Crippen LogP contribution in [0.5, 0.6) is 5.75 Å². The van der Waals surface area contributed by atoms with Crippen LogP contribution in [0.15, 0.2) is 71.5 Å². The summed E-state index contributed by atoms with van der Waals surface area (Å²) < 4.78 is 23.0. The van der Waals surface area contributed by atoms with Gasteiger partial charge in [-0.1, -0.05) is 30.3 Å². The minimum atomic E-state index is -0.312. The number of benzene rings is 2. The number of pyridine rings is 1. The maximum Gasteiger partial charge on any atom is 0.247 e. The van der Waals surface area contributed by atoms with E-state index in [2.05, 4.69) is 36.4 Å². The van der Waals surface area contributed by atoms with Gasteiger partial charge in [0.2, 0.25) is 5.91 Å². The number of aryl methyl sites for hydroxylation is 1. The quantitative estimate of drug-likeness (QED) is 0.302. The first-order valence-electron chi connectivity index (χ1n) is 11.2. The van der Waals surface area contributed by atoms with E-state index in [1.807, 2.05) is 37.3 Å². The minimum absolute atomic E-state index is 0.0456. The second-order valence-corrected chi connectivity index (χ2v) is 9.05. The molecule has 0 aliphatic carbocycles. The third-order valence-corrected chi connectivity index (χ3v) is 6.35. The summed E-state index contributed by atoms with van der Waals surface area (Å²) in [5.74, 6) is 0.497. The highest BCUT2D eigenvalue weighted by molar-refractivity contribution is 9.10. The van der Waals surface area contributed by atoms with Crippen LogP contribution in [0.3, 0.4) is 0 Å². The maximum atomic E-state index is 14.0. The first kappa shape index (κ1) is 23.7. The van der Waals surface area contributed by atoms with E-state index in [4.69, 9.17) is 4.74 Å². The summed E-state index contributed by atoms with van der Waals surface area (Å²) in [7, 11) is 1.63. The molecule has 0 bridgehead atoms. The summed E-state index contributed by atoms with van der Waals surface area (Å²) in [5, 5.41) is 12.6. The maximum absolute atomic E-state index is 14.0. The number of hydrogen-bond donors (Lipinski definition) is 1. The van der Waals surface area contributed by atoms with Crippen molar-refractivity contribution in [2.45, 2.75) is 20.0 Å². The Bertz CT molecular complexity index is 1560. The van der Waals surface area contributed by atoms with Gasteiger partial charge in [-0.2, -0.15) is 10.2 Å². The normalized spacial score (nSPS) is 11.1. The number of fused-ring (bicyclic) bond motifs is 1. The van der Waals surface area contributed by atoms with E-state index in [9.17, 15) is 9.18 Å². The molecule has 36 heavy (non-hydrogen) atoms. The van der Waals surface area contributed by atoms with Gasteiger partial charge in [0.15, 0.2) is 11.5 Å². The van der Waals surface area contributed by atoms with Crippen molar-refractivity contribution in [3.63, 3.8) is 0 Å². The second kappa shape index (κ2) is 9.90. The van der Waals surface area contributed by atoms with Crippen molar-refractivity contribution < 1.29 is 13.9 Å². The molecule has 182 valence electrons. The molecule has 0 aliphatic rings. The molecule has 8 nitrogen and oxygen atoms in total. The molecule has 0 atom stereocenters. The van der Waals surface area contributed by atoms with Crippen molar-refractivity contribution in [2.75, 3.05) is 12.4 Å². The Morgan fingerprint density at radius 2 is 1.89 bits per heavy atom. The standard InChI is InChI=1S/C26H22BrFN6O2/c1-16-24-20(17-7-9-19(36-2)10-8-17)11-12-29-26(24)34(31-16)15-23(35)30-25-21(27)14-33(32-25)13-18-5-3-4-6-22(18)28/h3-12,14H,13,15H2,1-2H3,(H,30,32,35). The van der Waals surface area contributed by atoms with Gasteiger partial charge in [0, 0.05) is 23.3 Å². The van der Waals surface area contributed by atoms with E-state index >= 15 is 0 Å². The Kier molecular flexibility index (Phi) is 6.51. The summed E-state index contributed by atoms with van der Waals surface area (Å²) in [6.45, 7) is 2.09. The van der Waals surface area contributed by atoms with Crippen molar-refractivity contribution in [1.29, 1.82) is 0 Å². The Morgan fingerprint density at radius 1 is 1.11 bits per heavy atom. The molecule has 2 aromatic carbocycles. The summed E-state index contributed by atoms with van der Waals surface area (Å²) in [5.41, 5.74) is 3.86. The van der Waals surface area contributed by atoms with E-state index in [1.54, 1.807) is 47.1 Å². The van der Waals surface area contributed by atoms with E-state index in [0.717, 1.165) is 28.0 Å². The number of anilines is 1. The largest absolute Gasteiger partial charge is 0.497 e. The Hall–Kier alpha value is -4.05. The number of hydrogen-bond acceptors (Lipinski definition) is 5. The minimum Gasteiger partial charge on any atom is -0.497 e. The van der Waals surface area contributed by atoms with Crippen molar-refractivity contribution in [2.24, 2.45) is 0 Å². The van der Waals surface area contributed by atoms with Crippen LogP contribution in [0, 0.1) is 12.7 Å². The second-order valence-electron chi connectivity index (χ2n) is 8.19. The van der Waals surface area contributed by atoms with Gasteiger partial charge in [-0.3, -0.25) is 9.48 Å². The lowest BCUT2D eigenvalue weighted by Crippen LogP contribution is -2.20. The first-order valence-corrected chi connectivity index (χ1v) is 11.9. The molecule has 5 rings (SSSR count). The fraction of sp³-hybridized carbons (Fsp3) is 0.154. The number of rotatable bonds is 7. The van der Waals surface area contributed by atoms with E-state index < -0.39 is 0 Å². The zero-order chi connectivity index (χ0) is 25.2. The Balaban J connectivity index is 1.36. The molecular weight excluding hydrogens is 527 g/mol. The van der Waals surface area contributed by atoms with Gasteiger partial charge in [-0.05, 0) is 58.2 Å². The fourth-order valence-corrected chi connectivity index (χ4v) is 4.49. The number of halogens is 2. The number of ether oxygens (including phenoxy) is 1. The van der Waals surface area contributed by atoms with Crippen molar-refractivity contribution in [1.82, 2.24) is 24.5 Å². The molecule has 1 amide bonds. The van der Waals surface area contributed by atoms with Crippen molar-refractivity contribution in [3.05, 3.63) is 88.5 Å². The van der Waals surface area contributed by atoms with Gasteiger partial charge < -0.3 is 10.1 Å². The van der Waals surface area contributed by atoms with E-state index in [0.29, 0.717) is 21.5 Å². The summed E-state index contributed by atoms with van der Waals surface area (Å²) >= 11 is 3.42. The van der Waals surface area contributed by atoms with Crippen LogP contribution in [0.4, 0.5) is 10.2 Å². The topological polar surface area (TPSA) is 86.9 Å². The molecule has 0 aliphatic heterocycles. The molecule has 0 radical (unpaired) electrons. The molecule has 0 saturated carbocycles. The Morgan fingerprint density at radius 3 is 2.64 bits per heavy atom. The molecule has 0 unspecified atom stereocenters. The van der Waals surface area contributed by atoms with Crippen LogP contribution in [0.1, 0.15) is 11.3 Å². The third-order valence-electron chi connectivity index (χ3n) is 5.77. The lowest BCUT2D eigenvalue weighted by Gasteiger charge is -2.07. The summed E-state index contributed by atoms with van der Waals surface area (Å²) in [4.78, 5) is 17.4. The summed E-state index contributed by atoms with van der Waals surface area (Å²) in [6, 6.07) is 16.2. The van der Waals surface area contributed by atoms with Crippen molar-refractivity contribution in [3.8, 4) is 16.9 Å². The Labute approximate surface area is 214 Å². The molecular formula is C26H22BrFN6O2. The van der Waals surface area contributed by atoms with Gasteiger partial charge in [-0.15, -0.1) is 0 Å². The predicted molar refractivity (Wildman–Crippen MR) is 138 cm³/mol. The highest BCUT2D eigenvalue weighted by Crippen LogP contribution is 2.31. The molecule has 0 saturated heterocycles. The van der Waals surface area contributed by atoms with Gasteiger partial charge >= 0.3 is 0 Å². The molecule has 3 heterocycles.